The number of carboxylic acid groups (broad SMARTS) is 1. The van der Waals surface area contributed by atoms with E-state index < -0.39 is 22.0 Å². The molecular formula is C29H28BrN3O6S. The van der Waals surface area contributed by atoms with Crippen molar-refractivity contribution in [2.75, 3.05) is 38.2 Å². The molecule has 0 bridgehead atoms. The molecule has 4 rings (SSSR count). The molecule has 1 heterocycles. The molecule has 1 aliphatic heterocycles. The molecule has 0 aromatic heterocycles. The lowest BCUT2D eigenvalue weighted by molar-refractivity contribution is -0.138. The molecule has 3 aromatic rings. The van der Waals surface area contributed by atoms with Gasteiger partial charge >= 0.3 is 5.97 Å². The SMILES string of the molecule is O=C(Nc1ccc(-c2ccc(S(=O)(=O)NC(CC#CCN3CCOCC3)C(=O)O)cc2)cc1)c1ccc(Br)cc1. The number of rotatable bonds is 9. The van der Waals surface area contributed by atoms with Gasteiger partial charge in [0, 0.05) is 35.2 Å². The van der Waals surface area contributed by atoms with Crippen LogP contribution in [0.25, 0.3) is 11.1 Å². The van der Waals surface area contributed by atoms with Gasteiger partial charge in [-0.25, -0.2) is 8.42 Å². The highest BCUT2D eigenvalue weighted by Gasteiger charge is 2.24. The second kappa shape index (κ2) is 13.7. The fourth-order valence-corrected chi connectivity index (χ4v) is 5.37. The Morgan fingerprint density at radius 2 is 1.52 bits per heavy atom. The first-order valence-electron chi connectivity index (χ1n) is 12.5. The third-order valence-electron chi connectivity index (χ3n) is 6.18. The number of morpholine rings is 1. The number of ether oxygens (including phenoxy) is 1. The maximum absolute atomic E-state index is 12.9. The van der Waals surface area contributed by atoms with Gasteiger partial charge in [-0.2, -0.15) is 4.72 Å². The van der Waals surface area contributed by atoms with Crippen LogP contribution in [0.15, 0.2) is 82.2 Å². The zero-order valence-corrected chi connectivity index (χ0v) is 23.9. The lowest BCUT2D eigenvalue weighted by atomic mass is 10.1. The van der Waals surface area contributed by atoms with Crippen LogP contribution in [0.3, 0.4) is 0 Å². The number of hydrogen-bond acceptors (Lipinski definition) is 6. The molecule has 0 aliphatic carbocycles. The molecule has 3 N–H and O–H groups in total. The summed E-state index contributed by atoms with van der Waals surface area (Å²) in [4.78, 5) is 26.1. The fourth-order valence-electron chi connectivity index (χ4n) is 3.91. The van der Waals surface area contributed by atoms with Gasteiger partial charge in [0.2, 0.25) is 10.0 Å². The second-order valence-electron chi connectivity index (χ2n) is 9.02. The number of nitrogens with zero attached hydrogens (tertiary/aromatic N) is 1. The summed E-state index contributed by atoms with van der Waals surface area (Å²) < 4.78 is 34.1. The summed E-state index contributed by atoms with van der Waals surface area (Å²) in [5, 5.41) is 12.4. The van der Waals surface area contributed by atoms with Crippen molar-refractivity contribution < 1.29 is 27.9 Å². The molecular weight excluding hydrogens is 598 g/mol. The van der Waals surface area contributed by atoms with E-state index >= 15 is 0 Å². The molecule has 3 aromatic carbocycles. The molecule has 1 unspecified atom stereocenters. The predicted octanol–water partition coefficient (Wildman–Crippen LogP) is 3.83. The van der Waals surface area contributed by atoms with Crippen molar-refractivity contribution >= 4 is 43.5 Å². The Labute approximate surface area is 241 Å². The molecule has 0 radical (unpaired) electrons. The summed E-state index contributed by atoms with van der Waals surface area (Å²) in [7, 11) is -4.09. The number of sulfonamides is 1. The van der Waals surface area contributed by atoms with E-state index in [2.05, 4.69) is 42.7 Å². The number of aliphatic carboxylic acids is 1. The highest BCUT2D eigenvalue weighted by molar-refractivity contribution is 9.10. The van der Waals surface area contributed by atoms with E-state index in [0.717, 1.165) is 28.7 Å². The lowest BCUT2D eigenvalue weighted by Crippen LogP contribution is -2.40. The Morgan fingerprint density at radius 3 is 2.12 bits per heavy atom. The van der Waals surface area contributed by atoms with Crippen molar-refractivity contribution in [3.8, 4) is 23.0 Å². The van der Waals surface area contributed by atoms with Gasteiger partial charge in [-0.3, -0.25) is 14.5 Å². The van der Waals surface area contributed by atoms with Crippen LogP contribution in [-0.2, 0) is 19.6 Å². The zero-order valence-electron chi connectivity index (χ0n) is 21.5. The van der Waals surface area contributed by atoms with Crippen LogP contribution >= 0.6 is 15.9 Å². The van der Waals surface area contributed by atoms with Crippen molar-refractivity contribution in [3.63, 3.8) is 0 Å². The second-order valence-corrected chi connectivity index (χ2v) is 11.7. The number of anilines is 1. The molecule has 208 valence electrons. The standard InChI is InChI=1S/C29H28BrN3O6S/c30-24-10-4-23(5-11-24)28(34)31-25-12-6-21(7-13-25)22-8-14-26(15-9-22)40(37,38)32-27(29(35)36)3-1-2-16-33-17-19-39-20-18-33/h4-15,27,32H,3,16-20H2,(H,31,34)(H,35,36). The predicted molar refractivity (Wildman–Crippen MR) is 155 cm³/mol. The van der Waals surface area contributed by atoms with Gasteiger partial charge in [-0.1, -0.05) is 52.0 Å². The number of hydrogen-bond donors (Lipinski definition) is 3. The number of nitrogens with one attached hydrogen (secondary N) is 2. The van der Waals surface area contributed by atoms with E-state index in [9.17, 15) is 23.1 Å². The highest BCUT2D eigenvalue weighted by Crippen LogP contribution is 2.24. The number of carbonyl (C=O) groups is 2. The van der Waals surface area contributed by atoms with Gasteiger partial charge < -0.3 is 15.2 Å². The van der Waals surface area contributed by atoms with E-state index in [-0.39, 0.29) is 17.2 Å². The minimum absolute atomic E-state index is 0.0536. The Balaban J connectivity index is 1.36. The minimum atomic E-state index is -4.09. The summed E-state index contributed by atoms with van der Waals surface area (Å²) in [6.45, 7) is 3.26. The van der Waals surface area contributed by atoms with Gasteiger partial charge in [0.15, 0.2) is 0 Å². The third kappa shape index (κ3) is 8.24. The fraction of sp³-hybridized carbons (Fsp3) is 0.241. The molecule has 1 amide bonds. The van der Waals surface area contributed by atoms with Gasteiger partial charge in [0.25, 0.3) is 5.91 Å². The first-order valence-corrected chi connectivity index (χ1v) is 14.8. The van der Waals surface area contributed by atoms with Gasteiger partial charge in [0.1, 0.15) is 6.04 Å². The summed E-state index contributed by atoms with van der Waals surface area (Å²) in [6.07, 6.45) is -0.151. The first kappa shape index (κ1) is 29.5. The van der Waals surface area contributed by atoms with Crippen molar-refractivity contribution in [3.05, 3.63) is 82.8 Å². The smallest absolute Gasteiger partial charge is 0.322 e. The van der Waals surface area contributed by atoms with Crippen LogP contribution in [0, 0.1) is 11.8 Å². The number of carbonyl (C=O) groups excluding carboxylic acids is 1. The Kier molecular flexibility index (Phi) is 10.1. The molecule has 9 nitrogen and oxygen atoms in total. The monoisotopic (exact) mass is 625 g/mol. The molecule has 1 fully saturated rings. The van der Waals surface area contributed by atoms with Crippen LogP contribution in [0.4, 0.5) is 5.69 Å². The van der Waals surface area contributed by atoms with E-state index in [1.165, 1.54) is 12.1 Å². The average Bonchev–Trinajstić information content (AvgIpc) is 2.96. The summed E-state index contributed by atoms with van der Waals surface area (Å²) in [5.74, 6) is 4.16. The number of benzene rings is 3. The zero-order chi connectivity index (χ0) is 28.5. The van der Waals surface area contributed by atoms with Crippen LogP contribution < -0.4 is 10.0 Å². The third-order valence-corrected chi connectivity index (χ3v) is 8.20. The molecule has 0 spiro atoms. The van der Waals surface area contributed by atoms with E-state index in [4.69, 9.17) is 4.74 Å². The summed E-state index contributed by atoms with van der Waals surface area (Å²) >= 11 is 3.34. The minimum Gasteiger partial charge on any atom is -0.480 e. The maximum Gasteiger partial charge on any atom is 0.322 e. The summed E-state index contributed by atoms with van der Waals surface area (Å²) in [6, 6.07) is 18.9. The van der Waals surface area contributed by atoms with E-state index in [1.54, 1.807) is 48.5 Å². The van der Waals surface area contributed by atoms with Crippen molar-refractivity contribution in [2.45, 2.75) is 17.4 Å². The van der Waals surface area contributed by atoms with Crippen LogP contribution in [-0.4, -0.2) is 69.2 Å². The molecule has 1 aliphatic rings. The van der Waals surface area contributed by atoms with E-state index in [0.29, 0.717) is 31.0 Å². The summed E-state index contributed by atoms with van der Waals surface area (Å²) in [5.41, 5.74) is 2.72. The Morgan fingerprint density at radius 1 is 0.925 bits per heavy atom. The van der Waals surface area contributed by atoms with Crippen LogP contribution in [0.1, 0.15) is 16.8 Å². The van der Waals surface area contributed by atoms with Crippen LogP contribution in [0.5, 0.6) is 0 Å². The lowest BCUT2D eigenvalue weighted by Gasteiger charge is -2.24. The molecule has 0 saturated carbocycles. The number of amides is 1. The maximum atomic E-state index is 12.9. The first-order chi connectivity index (χ1) is 19.2. The van der Waals surface area contributed by atoms with Gasteiger partial charge in [-0.05, 0) is 59.7 Å². The van der Waals surface area contributed by atoms with E-state index in [1.807, 2.05) is 12.1 Å². The molecule has 11 heteroatoms. The Bertz CT molecular complexity index is 1490. The van der Waals surface area contributed by atoms with Gasteiger partial charge in [0.05, 0.1) is 24.7 Å². The van der Waals surface area contributed by atoms with Crippen LogP contribution in [0.2, 0.25) is 0 Å². The molecule has 40 heavy (non-hydrogen) atoms. The topological polar surface area (TPSA) is 125 Å². The largest absolute Gasteiger partial charge is 0.480 e. The molecule has 1 atom stereocenters. The average molecular weight is 627 g/mol. The quantitative estimate of drug-likeness (QED) is 0.309. The normalized spacial score (nSPS) is 14.5. The van der Waals surface area contributed by atoms with Crippen molar-refractivity contribution in [1.29, 1.82) is 0 Å². The molecule has 1 saturated heterocycles. The number of halogens is 1. The Hall–Kier alpha value is -3.53. The van der Waals surface area contributed by atoms with Gasteiger partial charge in [-0.15, -0.1) is 0 Å². The van der Waals surface area contributed by atoms with Crippen molar-refractivity contribution in [1.82, 2.24) is 9.62 Å². The van der Waals surface area contributed by atoms with Crippen molar-refractivity contribution in [2.24, 2.45) is 0 Å². The number of carboxylic acids is 1. The highest BCUT2D eigenvalue weighted by atomic mass is 79.9.